The van der Waals surface area contributed by atoms with Gasteiger partial charge < -0.3 is 9.47 Å². The molecule has 3 rings (SSSR count). The second kappa shape index (κ2) is 7.02. The monoisotopic (exact) mass is 419 g/mol. The van der Waals surface area contributed by atoms with Crippen LogP contribution in [-0.4, -0.2) is 30.1 Å². The van der Waals surface area contributed by atoms with Crippen LogP contribution in [0, 0.1) is 12.8 Å². The maximum Gasteiger partial charge on any atom is 0.324 e. The SMILES string of the molecule is CC[C@](C)(c1ccn(S(=O)(=O)c2ccc(C)cc2)c1)C1C(=O)OC(C)(C)OC1=O. The summed E-state index contributed by atoms with van der Waals surface area (Å²) in [6, 6.07) is 8.14. The van der Waals surface area contributed by atoms with E-state index in [9.17, 15) is 18.0 Å². The van der Waals surface area contributed by atoms with Crippen LogP contribution in [0.3, 0.4) is 0 Å². The van der Waals surface area contributed by atoms with Gasteiger partial charge in [0, 0.05) is 31.7 Å². The Morgan fingerprint density at radius 1 is 1.07 bits per heavy atom. The third-order valence-electron chi connectivity index (χ3n) is 5.46. The summed E-state index contributed by atoms with van der Waals surface area (Å²) in [6.07, 6.45) is 3.26. The highest BCUT2D eigenvalue weighted by Crippen LogP contribution is 2.41. The molecule has 0 bridgehead atoms. The first-order valence-corrected chi connectivity index (χ1v) is 10.8. The van der Waals surface area contributed by atoms with E-state index >= 15 is 0 Å². The Morgan fingerprint density at radius 2 is 1.62 bits per heavy atom. The van der Waals surface area contributed by atoms with Crippen molar-refractivity contribution in [1.82, 2.24) is 3.97 Å². The van der Waals surface area contributed by atoms with Crippen molar-refractivity contribution in [2.45, 2.75) is 57.1 Å². The van der Waals surface area contributed by atoms with Gasteiger partial charge in [-0.05, 0) is 37.1 Å². The lowest BCUT2D eigenvalue weighted by Crippen LogP contribution is -2.53. The van der Waals surface area contributed by atoms with Crippen LogP contribution < -0.4 is 0 Å². The highest BCUT2D eigenvalue weighted by molar-refractivity contribution is 7.90. The average molecular weight is 419 g/mol. The van der Waals surface area contributed by atoms with Gasteiger partial charge in [0.25, 0.3) is 15.8 Å². The summed E-state index contributed by atoms with van der Waals surface area (Å²) in [5, 5.41) is 0. The van der Waals surface area contributed by atoms with E-state index in [1.807, 2.05) is 13.8 Å². The van der Waals surface area contributed by atoms with Crippen molar-refractivity contribution in [3.8, 4) is 0 Å². The third kappa shape index (κ3) is 3.69. The van der Waals surface area contributed by atoms with Gasteiger partial charge in [-0.2, -0.15) is 0 Å². The van der Waals surface area contributed by atoms with Gasteiger partial charge in [-0.25, -0.2) is 12.4 Å². The van der Waals surface area contributed by atoms with Crippen LogP contribution in [0.15, 0.2) is 47.6 Å². The molecule has 7 nitrogen and oxygen atoms in total. The average Bonchev–Trinajstić information content (AvgIpc) is 3.11. The number of aryl methyl sites for hydroxylation is 1. The van der Waals surface area contributed by atoms with Crippen molar-refractivity contribution in [2.75, 3.05) is 0 Å². The Kier molecular flexibility index (Phi) is 5.11. The first-order chi connectivity index (χ1) is 13.4. The zero-order chi connectivity index (χ0) is 21.6. The maximum absolute atomic E-state index is 12.9. The molecule has 0 unspecified atom stereocenters. The zero-order valence-corrected chi connectivity index (χ0v) is 17.9. The van der Waals surface area contributed by atoms with E-state index in [0.29, 0.717) is 12.0 Å². The number of rotatable bonds is 5. The number of hydrogen-bond acceptors (Lipinski definition) is 6. The number of benzene rings is 1. The molecule has 1 aromatic carbocycles. The molecule has 29 heavy (non-hydrogen) atoms. The molecule has 1 atom stereocenters. The number of cyclic esters (lactones) is 2. The van der Waals surface area contributed by atoms with Crippen molar-refractivity contribution in [1.29, 1.82) is 0 Å². The van der Waals surface area contributed by atoms with Crippen molar-refractivity contribution < 1.29 is 27.5 Å². The minimum absolute atomic E-state index is 0.154. The van der Waals surface area contributed by atoms with Gasteiger partial charge in [0.15, 0.2) is 5.92 Å². The third-order valence-corrected chi connectivity index (χ3v) is 7.11. The summed E-state index contributed by atoms with van der Waals surface area (Å²) in [5.41, 5.74) is 0.501. The lowest BCUT2D eigenvalue weighted by molar-refractivity contribution is -0.243. The highest BCUT2D eigenvalue weighted by atomic mass is 32.2. The smallest absolute Gasteiger partial charge is 0.324 e. The summed E-state index contributed by atoms with van der Waals surface area (Å²) in [5.74, 6) is -3.85. The van der Waals surface area contributed by atoms with Crippen LogP contribution in [0.4, 0.5) is 0 Å². The van der Waals surface area contributed by atoms with Crippen LogP contribution in [0.5, 0.6) is 0 Å². The van der Waals surface area contributed by atoms with Crippen LogP contribution >= 0.6 is 0 Å². The summed E-state index contributed by atoms with van der Waals surface area (Å²) >= 11 is 0. The molecule has 0 N–H and O–H groups in total. The normalized spacial score (nSPS) is 19.3. The van der Waals surface area contributed by atoms with Gasteiger partial charge in [-0.15, -0.1) is 0 Å². The Hall–Kier alpha value is -2.61. The van der Waals surface area contributed by atoms with Crippen molar-refractivity contribution in [3.63, 3.8) is 0 Å². The molecule has 1 aliphatic rings. The molecule has 2 heterocycles. The number of nitrogens with zero attached hydrogens (tertiary/aromatic N) is 1. The number of aromatic nitrogens is 1. The van der Waals surface area contributed by atoms with Crippen molar-refractivity contribution >= 4 is 22.0 Å². The van der Waals surface area contributed by atoms with Gasteiger partial charge in [-0.3, -0.25) is 9.59 Å². The number of ether oxygens (including phenoxy) is 2. The van der Waals surface area contributed by atoms with E-state index < -0.39 is 39.1 Å². The summed E-state index contributed by atoms with van der Waals surface area (Å²) < 4.78 is 37.5. The molecule has 8 heteroatoms. The van der Waals surface area contributed by atoms with E-state index in [-0.39, 0.29) is 4.90 Å². The van der Waals surface area contributed by atoms with Crippen molar-refractivity contribution in [3.05, 3.63) is 53.9 Å². The summed E-state index contributed by atoms with van der Waals surface area (Å²) in [7, 11) is -3.80. The lowest BCUT2D eigenvalue weighted by Gasteiger charge is -2.40. The fourth-order valence-electron chi connectivity index (χ4n) is 3.51. The standard InChI is InChI=1S/C21H25NO6S/c1-6-21(5,17-18(23)27-20(3,4)28-19(17)24)15-11-12-22(13-15)29(25,26)16-9-7-14(2)8-10-16/h7-13,17H,6H2,1-5H3/t21-/m1/s1. The van der Waals surface area contributed by atoms with Gasteiger partial charge >= 0.3 is 11.9 Å². The van der Waals surface area contributed by atoms with Gasteiger partial charge in [0.1, 0.15) is 0 Å². The van der Waals surface area contributed by atoms with Gasteiger partial charge in [0.05, 0.1) is 4.90 Å². The van der Waals surface area contributed by atoms with E-state index in [4.69, 9.17) is 9.47 Å². The Balaban J connectivity index is 2.00. The molecule has 156 valence electrons. The number of hydrogen-bond donors (Lipinski definition) is 0. The van der Waals surface area contributed by atoms with Crippen LogP contribution in [0.2, 0.25) is 0 Å². The highest BCUT2D eigenvalue weighted by Gasteiger charge is 2.53. The topological polar surface area (TPSA) is 91.7 Å². The Labute approximate surface area is 170 Å². The predicted molar refractivity (Wildman–Crippen MR) is 106 cm³/mol. The predicted octanol–water partition coefficient (Wildman–Crippen LogP) is 3.15. The second-order valence-corrected chi connectivity index (χ2v) is 9.84. The second-order valence-electron chi connectivity index (χ2n) is 7.99. The number of esters is 2. The molecule has 0 aliphatic carbocycles. The number of carbonyl (C=O) groups excluding carboxylic acids is 2. The molecular formula is C21H25NO6S. The molecular weight excluding hydrogens is 394 g/mol. The first-order valence-electron chi connectivity index (χ1n) is 9.37. The summed E-state index contributed by atoms with van der Waals surface area (Å²) in [4.78, 5) is 25.4. The van der Waals surface area contributed by atoms with Crippen LogP contribution in [0.25, 0.3) is 0 Å². The summed E-state index contributed by atoms with van der Waals surface area (Å²) in [6.45, 7) is 8.42. The van der Waals surface area contributed by atoms with E-state index in [2.05, 4.69) is 0 Å². The molecule has 1 aromatic heterocycles. The van der Waals surface area contributed by atoms with E-state index in [1.165, 1.54) is 26.2 Å². The van der Waals surface area contributed by atoms with Crippen molar-refractivity contribution in [2.24, 2.45) is 5.92 Å². The van der Waals surface area contributed by atoms with E-state index in [1.54, 1.807) is 37.3 Å². The largest absolute Gasteiger partial charge is 0.422 e. The quantitative estimate of drug-likeness (QED) is 0.546. The Morgan fingerprint density at radius 3 is 2.14 bits per heavy atom. The fraction of sp³-hybridized carbons (Fsp3) is 0.429. The molecule has 0 amide bonds. The van der Waals surface area contributed by atoms with Crippen LogP contribution in [0.1, 0.15) is 45.2 Å². The van der Waals surface area contributed by atoms with Gasteiger partial charge in [0.2, 0.25) is 0 Å². The van der Waals surface area contributed by atoms with Crippen LogP contribution in [-0.2, 0) is 34.5 Å². The van der Waals surface area contributed by atoms with E-state index in [0.717, 1.165) is 9.54 Å². The Bertz CT molecular complexity index is 1030. The first kappa shape index (κ1) is 21.1. The molecule has 0 spiro atoms. The molecule has 0 saturated carbocycles. The molecule has 1 fully saturated rings. The fourth-order valence-corrected chi connectivity index (χ4v) is 4.71. The minimum atomic E-state index is -3.80. The molecule has 1 aliphatic heterocycles. The molecule has 1 saturated heterocycles. The maximum atomic E-state index is 12.9. The molecule has 2 aromatic rings. The lowest BCUT2D eigenvalue weighted by atomic mass is 9.70. The zero-order valence-electron chi connectivity index (χ0n) is 17.1. The minimum Gasteiger partial charge on any atom is -0.422 e. The number of carbonyl (C=O) groups is 2. The van der Waals surface area contributed by atoms with Gasteiger partial charge in [-0.1, -0.05) is 31.5 Å². The molecule has 0 radical (unpaired) electrons.